The van der Waals surface area contributed by atoms with E-state index in [-0.39, 0.29) is 10.8 Å². The molecule has 0 fully saturated rings. The van der Waals surface area contributed by atoms with Gasteiger partial charge in [0.15, 0.2) is 0 Å². The summed E-state index contributed by atoms with van der Waals surface area (Å²) in [6.07, 6.45) is 0. The van der Waals surface area contributed by atoms with Crippen LogP contribution < -0.4 is 10.0 Å². The van der Waals surface area contributed by atoms with Crippen molar-refractivity contribution in [3.63, 3.8) is 0 Å². The molecule has 1 aromatic heterocycles. The Kier molecular flexibility index (Phi) is 5.57. The molecule has 168 valence electrons. The normalized spacial score (nSPS) is 11.3. The Labute approximate surface area is 196 Å². The summed E-state index contributed by atoms with van der Waals surface area (Å²) in [5.41, 5.74) is 3.67. The van der Waals surface area contributed by atoms with Crippen LogP contribution in [0.2, 0.25) is 0 Å². The van der Waals surface area contributed by atoms with Gasteiger partial charge in [-0.3, -0.25) is 9.52 Å². The molecule has 0 spiro atoms. The summed E-state index contributed by atoms with van der Waals surface area (Å²) in [6, 6.07) is 29.5. The molecule has 8 heteroatoms. The summed E-state index contributed by atoms with van der Waals surface area (Å²) in [4.78, 5) is 21.1. The van der Waals surface area contributed by atoms with Crippen molar-refractivity contribution in [2.45, 2.75) is 4.90 Å². The molecule has 0 saturated heterocycles. The van der Waals surface area contributed by atoms with Gasteiger partial charge in [-0.1, -0.05) is 48.5 Å². The minimum atomic E-state index is -3.76. The molecule has 0 aliphatic heterocycles. The van der Waals surface area contributed by atoms with Crippen LogP contribution in [-0.2, 0) is 10.0 Å². The average molecular weight is 469 g/mol. The van der Waals surface area contributed by atoms with Gasteiger partial charge in [-0.15, -0.1) is 0 Å². The molecule has 0 aliphatic carbocycles. The van der Waals surface area contributed by atoms with Crippen LogP contribution in [0.5, 0.6) is 0 Å². The van der Waals surface area contributed by atoms with Crippen LogP contribution in [0.3, 0.4) is 0 Å². The fourth-order valence-corrected chi connectivity index (χ4v) is 4.68. The molecule has 7 nitrogen and oxygen atoms in total. The number of hydrogen-bond donors (Lipinski definition) is 3. The van der Waals surface area contributed by atoms with Gasteiger partial charge in [0.2, 0.25) is 0 Å². The van der Waals surface area contributed by atoms with Crippen molar-refractivity contribution in [3.8, 4) is 11.4 Å². The van der Waals surface area contributed by atoms with E-state index < -0.39 is 10.0 Å². The van der Waals surface area contributed by atoms with Gasteiger partial charge in [-0.2, -0.15) is 0 Å². The van der Waals surface area contributed by atoms with Gasteiger partial charge in [0.25, 0.3) is 15.9 Å². The van der Waals surface area contributed by atoms with Crippen molar-refractivity contribution < 1.29 is 13.2 Å². The average Bonchev–Trinajstić information content (AvgIpc) is 3.29. The maximum atomic E-state index is 13.0. The maximum absolute atomic E-state index is 13.0. The van der Waals surface area contributed by atoms with Gasteiger partial charge in [0.05, 0.1) is 21.6 Å². The first-order chi connectivity index (χ1) is 16.5. The van der Waals surface area contributed by atoms with Crippen LogP contribution in [0.25, 0.3) is 22.4 Å². The van der Waals surface area contributed by atoms with Crippen LogP contribution in [0.1, 0.15) is 10.4 Å². The summed E-state index contributed by atoms with van der Waals surface area (Å²) >= 11 is 0. The van der Waals surface area contributed by atoms with Crippen LogP contribution in [0.4, 0.5) is 11.4 Å². The lowest BCUT2D eigenvalue weighted by Crippen LogP contribution is -2.15. The summed E-state index contributed by atoms with van der Waals surface area (Å²) in [6.45, 7) is 0. The van der Waals surface area contributed by atoms with E-state index in [1.54, 1.807) is 42.5 Å². The zero-order valence-electron chi connectivity index (χ0n) is 17.9. The van der Waals surface area contributed by atoms with E-state index >= 15 is 0 Å². The highest BCUT2D eigenvalue weighted by molar-refractivity contribution is 7.92. The smallest absolute Gasteiger partial charge is 0.261 e. The Bertz CT molecular complexity index is 1560. The number of aromatic nitrogens is 2. The molecular formula is C26H20N4O3S. The van der Waals surface area contributed by atoms with Crippen molar-refractivity contribution in [3.05, 3.63) is 109 Å². The number of para-hydroxylation sites is 3. The predicted octanol–water partition coefficient (Wildman–Crippen LogP) is 5.28. The van der Waals surface area contributed by atoms with Crippen molar-refractivity contribution in [2.75, 3.05) is 10.0 Å². The van der Waals surface area contributed by atoms with Crippen LogP contribution >= 0.6 is 0 Å². The first-order valence-corrected chi connectivity index (χ1v) is 12.0. The Hall–Kier alpha value is -4.43. The van der Waals surface area contributed by atoms with E-state index in [1.165, 1.54) is 18.2 Å². The number of nitrogens with zero attached hydrogens (tertiary/aromatic N) is 1. The molecule has 0 aliphatic rings. The monoisotopic (exact) mass is 468 g/mol. The Morgan fingerprint density at radius 3 is 2.35 bits per heavy atom. The number of carbonyl (C=O) groups excluding carboxylic acids is 1. The van der Waals surface area contributed by atoms with Crippen LogP contribution in [0.15, 0.2) is 108 Å². The number of carbonyl (C=O) groups is 1. The second-order valence-corrected chi connectivity index (χ2v) is 9.28. The zero-order valence-corrected chi connectivity index (χ0v) is 18.7. The quantitative estimate of drug-likeness (QED) is 0.315. The third kappa shape index (κ3) is 4.39. The number of benzene rings is 4. The van der Waals surface area contributed by atoms with Gasteiger partial charge in [-0.25, -0.2) is 13.4 Å². The second kappa shape index (κ2) is 8.84. The largest absolute Gasteiger partial charge is 0.338 e. The summed E-state index contributed by atoms with van der Waals surface area (Å²) in [7, 11) is -3.76. The fraction of sp³-hybridized carbons (Fsp3) is 0. The van der Waals surface area contributed by atoms with Crippen molar-refractivity contribution >= 4 is 38.3 Å². The molecule has 0 saturated carbocycles. The van der Waals surface area contributed by atoms with E-state index in [1.807, 2.05) is 42.5 Å². The maximum Gasteiger partial charge on any atom is 0.261 e. The number of hydrogen-bond acceptors (Lipinski definition) is 4. The third-order valence-electron chi connectivity index (χ3n) is 5.25. The molecule has 1 amide bonds. The fourth-order valence-electron chi connectivity index (χ4n) is 3.61. The summed E-state index contributed by atoms with van der Waals surface area (Å²) in [5, 5.41) is 2.92. The number of sulfonamides is 1. The van der Waals surface area contributed by atoms with Gasteiger partial charge >= 0.3 is 0 Å². The molecule has 0 bridgehead atoms. The first-order valence-electron chi connectivity index (χ1n) is 10.5. The van der Waals surface area contributed by atoms with Crippen molar-refractivity contribution in [1.82, 2.24) is 9.97 Å². The molecule has 3 N–H and O–H groups in total. The molecule has 1 heterocycles. The zero-order chi connectivity index (χ0) is 23.5. The second-order valence-electron chi connectivity index (χ2n) is 7.60. The molecule has 4 aromatic carbocycles. The van der Waals surface area contributed by atoms with Gasteiger partial charge in [0.1, 0.15) is 5.82 Å². The van der Waals surface area contributed by atoms with E-state index in [4.69, 9.17) is 0 Å². The molecular weight excluding hydrogens is 448 g/mol. The SMILES string of the molecule is O=C(Nc1ccccc1-c1nc2ccccc2[nH]1)c1cccc(NS(=O)(=O)c2ccccc2)c1. The number of fused-ring (bicyclic) bond motifs is 1. The number of anilines is 2. The minimum absolute atomic E-state index is 0.143. The number of amides is 1. The number of imidazole rings is 1. The lowest BCUT2D eigenvalue weighted by molar-refractivity contribution is 0.102. The highest BCUT2D eigenvalue weighted by Gasteiger charge is 2.16. The Morgan fingerprint density at radius 2 is 1.53 bits per heavy atom. The lowest BCUT2D eigenvalue weighted by Gasteiger charge is -2.11. The van der Waals surface area contributed by atoms with E-state index in [0.29, 0.717) is 22.8 Å². The van der Waals surface area contributed by atoms with Gasteiger partial charge in [0, 0.05) is 16.8 Å². The minimum Gasteiger partial charge on any atom is -0.338 e. The topological polar surface area (TPSA) is 104 Å². The predicted molar refractivity (Wildman–Crippen MR) is 133 cm³/mol. The third-order valence-corrected chi connectivity index (χ3v) is 6.65. The standard InChI is InChI=1S/C26H20N4O3S/c31-26(18-9-8-10-19(17-18)30-34(32,33)20-11-2-1-3-12-20)29-22-14-5-4-13-21(22)25-27-23-15-6-7-16-24(23)28-25/h1-17,30H,(H,27,28)(H,29,31). The molecule has 5 aromatic rings. The summed E-state index contributed by atoms with van der Waals surface area (Å²) < 4.78 is 27.8. The number of nitrogens with one attached hydrogen (secondary N) is 3. The van der Waals surface area contributed by atoms with Gasteiger partial charge < -0.3 is 10.3 Å². The molecule has 0 radical (unpaired) electrons. The summed E-state index contributed by atoms with van der Waals surface area (Å²) in [5.74, 6) is 0.269. The number of rotatable bonds is 6. The number of H-pyrrole nitrogens is 1. The van der Waals surface area contributed by atoms with Crippen LogP contribution in [-0.4, -0.2) is 24.3 Å². The Balaban J connectivity index is 1.40. The highest BCUT2D eigenvalue weighted by atomic mass is 32.2. The van der Waals surface area contributed by atoms with Crippen molar-refractivity contribution in [2.24, 2.45) is 0 Å². The van der Waals surface area contributed by atoms with Crippen molar-refractivity contribution in [1.29, 1.82) is 0 Å². The molecule has 0 unspecified atom stereocenters. The van der Waals surface area contributed by atoms with Gasteiger partial charge in [-0.05, 0) is 54.6 Å². The highest BCUT2D eigenvalue weighted by Crippen LogP contribution is 2.28. The van der Waals surface area contributed by atoms with Crippen LogP contribution in [0, 0.1) is 0 Å². The first kappa shape index (κ1) is 21.4. The molecule has 34 heavy (non-hydrogen) atoms. The number of aromatic amines is 1. The van der Waals surface area contributed by atoms with E-state index in [0.717, 1.165) is 16.6 Å². The van der Waals surface area contributed by atoms with E-state index in [9.17, 15) is 13.2 Å². The molecule has 5 rings (SSSR count). The molecule has 0 atom stereocenters. The van der Waals surface area contributed by atoms with E-state index in [2.05, 4.69) is 20.0 Å². The Morgan fingerprint density at radius 1 is 0.794 bits per heavy atom. The lowest BCUT2D eigenvalue weighted by atomic mass is 10.1.